The fraction of sp³-hybridized carbons (Fsp3) is 0.133. The van der Waals surface area contributed by atoms with Gasteiger partial charge in [0, 0.05) is 6.07 Å². The lowest BCUT2D eigenvalue weighted by molar-refractivity contribution is -0.581. The lowest BCUT2D eigenvalue weighted by Crippen LogP contribution is -2.40. The van der Waals surface area contributed by atoms with Crippen LogP contribution >= 0.6 is 11.6 Å². The predicted octanol–water partition coefficient (Wildman–Crippen LogP) is 1.89. The molecule has 21 heavy (non-hydrogen) atoms. The fourth-order valence-corrected chi connectivity index (χ4v) is 2.46. The van der Waals surface area contributed by atoms with Gasteiger partial charge in [0.05, 0.1) is 0 Å². The summed E-state index contributed by atoms with van der Waals surface area (Å²) in [7, 11) is 0. The molecular formula is C15H13ClN3O2+. The highest BCUT2D eigenvalue weighted by molar-refractivity contribution is 6.29. The molecule has 0 bridgehead atoms. The maximum absolute atomic E-state index is 12.4. The summed E-state index contributed by atoms with van der Waals surface area (Å²) in [6.07, 6.45) is 0.397. The Labute approximate surface area is 125 Å². The van der Waals surface area contributed by atoms with E-state index in [9.17, 15) is 9.90 Å². The van der Waals surface area contributed by atoms with Gasteiger partial charge >= 0.3 is 11.2 Å². The molecule has 0 saturated heterocycles. The summed E-state index contributed by atoms with van der Waals surface area (Å²) in [4.78, 5) is 12.4. The van der Waals surface area contributed by atoms with Gasteiger partial charge in [0.25, 0.3) is 5.88 Å². The highest BCUT2D eigenvalue weighted by Crippen LogP contribution is 2.14. The van der Waals surface area contributed by atoms with Crippen LogP contribution in [0.4, 0.5) is 0 Å². The summed E-state index contributed by atoms with van der Waals surface area (Å²) in [5, 5.41) is 14.7. The second kappa shape index (κ2) is 5.18. The normalized spacial score (nSPS) is 11.0. The zero-order valence-electron chi connectivity index (χ0n) is 11.3. The van der Waals surface area contributed by atoms with Crippen LogP contribution in [0.5, 0.6) is 5.88 Å². The Morgan fingerprint density at radius 1 is 1.24 bits per heavy atom. The van der Waals surface area contributed by atoms with E-state index < -0.39 is 0 Å². The van der Waals surface area contributed by atoms with Crippen LogP contribution in [0.3, 0.4) is 0 Å². The molecule has 0 saturated carbocycles. The van der Waals surface area contributed by atoms with Crippen LogP contribution in [-0.2, 0) is 6.42 Å². The number of aromatic hydroxyl groups is 1. The minimum Gasteiger partial charge on any atom is -0.477 e. The van der Waals surface area contributed by atoms with Crippen LogP contribution in [0.1, 0.15) is 12.5 Å². The molecule has 0 spiro atoms. The largest absolute Gasteiger partial charge is 0.477 e. The van der Waals surface area contributed by atoms with E-state index in [1.165, 1.54) is 4.52 Å². The van der Waals surface area contributed by atoms with Crippen molar-refractivity contribution >= 4 is 17.2 Å². The molecule has 6 heteroatoms. The van der Waals surface area contributed by atoms with Crippen LogP contribution in [0, 0.1) is 0 Å². The fourth-order valence-electron chi connectivity index (χ4n) is 2.32. The van der Waals surface area contributed by atoms with Crippen molar-refractivity contribution in [3.05, 3.63) is 63.5 Å². The van der Waals surface area contributed by atoms with E-state index in [0.29, 0.717) is 17.6 Å². The molecule has 0 unspecified atom stereocenters. The number of rotatable bonds is 2. The third-order valence-electron chi connectivity index (χ3n) is 3.31. The predicted molar refractivity (Wildman–Crippen MR) is 79.0 cm³/mol. The molecule has 0 atom stereocenters. The van der Waals surface area contributed by atoms with E-state index in [4.69, 9.17) is 11.6 Å². The maximum atomic E-state index is 12.4. The van der Waals surface area contributed by atoms with E-state index in [-0.39, 0.29) is 16.6 Å². The summed E-state index contributed by atoms with van der Waals surface area (Å²) in [5.74, 6) is -0.0715. The van der Waals surface area contributed by atoms with Gasteiger partial charge in [0.1, 0.15) is 11.3 Å². The van der Waals surface area contributed by atoms with Gasteiger partial charge in [-0.2, -0.15) is 4.57 Å². The lowest BCUT2D eigenvalue weighted by Gasteiger charge is -2.07. The molecule has 5 nitrogen and oxygen atoms in total. The Bertz CT molecular complexity index is 875. The Morgan fingerprint density at radius 2 is 1.95 bits per heavy atom. The van der Waals surface area contributed by atoms with Crippen molar-refractivity contribution in [1.82, 2.24) is 9.61 Å². The van der Waals surface area contributed by atoms with Gasteiger partial charge in [-0.25, -0.2) is 4.79 Å². The number of fused-ring (bicyclic) bond motifs is 1. The van der Waals surface area contributed by atoms with Gasteiger partial charge in [0.15, 0.2) is 5.15 Å². The van der Waals surface area contributed by atoms with E-state index in [0.717, 1.165) is 5.69 Å². The molecule has 3 rings (SSSR count). The third-order valence-corrected chi connectivity index (χ3v) is 3.51. The topological polar surface area (TPSA) is 58.5 Å². The van der Waals surface area contributed by atoms with E-state index in [2.05, 4.69) is 5.10 Å². The number of hydrogen-bond acceptors (Lipinski definition) is 3. The number of aromatic nitrogens is 3. The molecule has 0 amide bonds. The smallest absolute Gasteiger partial charge is 0.370 e. The number of halogens is 1. The first kappa shape index (κ1) is 13.6. The monoisotopic (exact) mass is 302 g/mol. The third kappa shape index (κ3) is 2.15. The van der Waals surface area contributed by atoms with E-state index >= 15 is 0 Å². The minimum absolute atomic E-state index is 0.0715. The van der Waals surface area contributed by atoms with Crippen molar-refractivity contribution in [2.24, 2.45) is 0 Å². The summed E-state index contributed by atoms with van der Waals surface area (Å²) < 4.78 is 2.80. The van der Waals surface area contributed by atoms with Gasteiger partial charge in [0.2, 0.25) is 0 Å². The highest BCUT2D eigenvalue weighted by Gasteiger charge is 2.25. The number of nitrogens with zero attached hydrogens (tertiary/aromatic N) is 3. The van der Waals surface area contributed by atoms with Crippen LogP contribution in [0.2, 0.25) is 5.15 Å². The number of hydrogen-bond donors (Lipinski definition) is 1. The quantitative estimate of drug-likeness (QED) is 0.736. The SMILES string of the molecule is CCc1c(O)[n+](-c2ccccc2)c2ccc(Cl)nn2c1=O. The highest BCUT2D eigenvalue weighted by atomic mass is 35.5. The van der Waals surface area contributed by atoms with Gasteiger partial charge < -0.3 is 5.11 Å². The van der Waals surface area contributed by atoms with Crippen molar-refractivity contribution in [2.75, 3.05) is 0 Å². The Morgan fingerprint density at radius 3 is 2.62 bits per heavy atom. The molecule has 2 aromatic heterocycles. The van der Waals surface area contributed by atoms with Gasteiger partial charge in [-0.3, -0.25) is 0 Å². The minimum atomic E-state index is -0.361. The molecule has 0 aliphatic rings. The molecule has 0 fully saturated rings. The molecule has 0 radical (unpaired) electrons. The standard InChI is InChI=1S/C15H12ClN3O2/c1-2-11-14(20)18(10-6-4-3-5-7-10)13-9-8-12(16)17-19(13)15(11)21/h3-9H,2H2,1H3/p+1. The van der Waals surface area contributed by atoms with Crippen LogP contribution in [0.25, 0.3) is 11.3 Å². The Balaban J connectivity index is 2.51. The van der Waals surface area contributed by atoms with Crippen LogP contribution in [0.15, 0.2) is 47.3 Å². The van der Waals surface area contributed by atoms with Gasteiger partial charge in [-0.15, -0.1) is 0 Å². The Kier molecular flexibility index (Phi) is 3.35. The number of benzene rings is 1. The van der Waals surface area contributed by atoms with Gasteiger partial charge in [-0.1, -0.05) is 46.3 Å². The summed E-state index contributed by atoms with van der Waals surface area (Å²) in [6.45, 7) is 1.81. The molecule has 3 aromatic rings. The van der Waals surface area contributed by atoms with Crippen molar-refractivity contribution in [3.63, 3.8) is 0 Å². The molecule has 1 aromatic carbocycles. The maximum Gasteiger partial charge on any atom is 0.370 e. The average molecular weight is 303 g/mol. The number of para-hydroxylation sites is 1. The van der Waals surface area contributed by atoms with Crippen molar-refractivity contribution in [1.29, 1.82) is 0 Å². The molecule has 2 heterocycles. The summed E-state index contributed by atoms with van der Waals surface area (Å²) >= 11 is 5.88. The molecule has 1 N–H and O–H groups in total. The van der Waals surface area contributed by atoms with E-state index in [1.807, 2.05) is 37.3 Å². The van der Waals surface area contributed by atoms with Crippen LogP contribution < -0.4 is 10.1 Å². The second-order valence-electron chi connectivity index (χ2n) is 4.56. The first-order valence-corrected chi connectivity index (χ1v) is 6.92. The average Bonchev–Trinajstić information content (AvgIpc) is 2.50. The second-order valence-corrected chi connectivity index (χ2v) is 4.95. The zero-order valence-corrected chi connectivity index (χ0v) is 12.1. The lowest BCUT2D eigenvalue weighted by atomic mass is 10.2. The van der Waals surface area contributed by atoms with Crippen LogP contribution in [-0.4, -0.2) is 14.7 Å². The van der Waals surface area contributed by atoms with Gasteiger partial charge in [-0.05, 0) is 24.6 Å². The first-order valence-electron chi connectivity index (χ1n) is 6.54. The molecule has 0 aliphatic heterocycles. The summed E-state index contributed by atoms with van der Waals surface area (Å²) in [5.41, 5.74) is 1.13. The van der Waals surface area contributed by atoms with Crippen molar-refractivity contribution in [3.8, 4) is 11.6 Å². The van der Waals surface area contributed by atoms with Crippen molar-refractivity contribution < 1.29 is 9.67 Å². The zero-order chi connectivity index (χ0) is 15.0. The first-order chi connectivity index (χ1) is 10.1. The summed E-state index contributed by atoms with van der Waals surface area (Å²) in [6, 6.07) is 12.5. The van der Waals surface area contributed by atoms with E-state index in [1.54, 1.807) is 16.7 Å². The molecular weight excluding hydrogens is 290 g/mol. The molecule has 106 valence electrons. The Hall–Kier alpha value is -2.40. The van der Waals surface area contributed by atoms with Crippen molar-refractivity contribution in [2.45, 2.75) is 13.3 Å². The molecule has 0 aliphatic carbocycles.